The van der Waals surface area contributed by atoms with Gasteiger partial charge in [-0.15, -0.1) is 0 Å². The summed E-state index contributed by atoms with van der Waals surface area (Å²) < 4.78 is 0. The predicted molar refractivity (Wildman–Crippen MR) is 65.2 cm³/mol. The number of aliphatic hydroxyl groups excluding tert-OH is 1. The lowest BCUT2D eigenvalue weighted by atomic mass is 10.0. The molecule has 0 fully saturated rings. The van der Waals surface area contributed by atoms with E-state index >= 15 is 0 Å². The van der Waals surface area contributed by atoms with E-state index in [0.717, 1.165) is 16.8 Å². The summed E-state index contributed by atoms with van der Waals surface area (Å²) >= 11 is 0. The molecule has 2 aromatic rings. The Morgan fingerprint density at radius 1 is 1.12 bits per heavy atom. The van der Waals surface area contributed by atoms with Gasteiger partial charge in [0, 0.05) is 18.4 Å². The molecular weight excluding hydrogens is 198 g/mol. The average Bonchev–Trinajstić information content (AvgIpc) is 2.31. The van der Waals surface area contributed by atoms with Crippen molar-refractivity contribution in [1.29, 1.82) is 0 Å². The topological polar surface area (TPSA) is 33.1 Å². The molecule has 16 heavy (non-hydrogen) atoms. The van der Waals surface area contributed by atoms with Crippen molar-refractivity contribution >= 4 is 0 Å². The van der Waals surface area contributed by atoms with Crippen LogP contribution in [0.15, 0.2) is 42.6 Å². The van der Waals surface area contributed by atoms with Crippen molar-refractivity contribution in [2.24, 2.45) is 0 Å². The van der Waals surface area contributed by atoms with Gasteiger partial charge in [0.15, 0.2) is 0 Å². The van der Waals surface area contributed by atoms with Gasteiger partial charge in [-0.3, -0.25) is 4.98 Å². The first kappa shape index (κ1) is 10.8. The number of benzene rings is 1. The first-order valence-corrected chi connectivity index (χ1v) is 5.43. The van der Waals surface area contributed by atoms with Crippen LogP contribution in [0.3, 0.4) is 0 Å². The zero-order chi connectivity index (χ0) is 11.4. The van der Waals surface area contributed by atoms with Crippen molar-refractivity contribution in [3.05, 3.63) is 53.7 Å². The highest BCUT2D eigenvalue weighted by atomic mass is 16.2. The summed E-state index contributed by atoms with van der Waals surface area (Å²) in [7, 11) is 0. The number of pyridine rings is 1. The number of hydrogen-bond acceptors (Lipinski definition) is 2. The van der Waals surface area contributed by atoms with E-state index in [1.165, 1.54) is 5.56 Å². The smallest absolute Gasteiger partial charge is 0.0704 e. The second-order valence-corrected chi connectivity index (χ2v) is 3.84. The molecule has 0 aliphatic rings. The fourth-order valence-electron chi connectivity index (χ4n) is 1.72. The number of rotatable bonds is 3. The number of hydrogen-bond donors (Lipinski definition) is 1. The van der Waals surface area contributed by atoms with E-state index in [1.54, 1.807) is 0 Å². The standard InChI is InChI=1S/C14H15NO/c1-11-4-2-3-5-13(11)14-7-6-12(8-9-16)10-15-14/h2-7,10,16H,8-9H2,1H3. The maximum Gasteiger partial charge on any atom is 0.0704 e. The first-order valence-electron chi connectivity index (χ1n) is 5.43. The van der Waals surface area contributed by atoms with Crippen LogP contribution in [0.5, 0.6) is 0 Å². The molecule has 0 saturated heterocycles. The molecule has 0 bridgehead atoms. The third kappa shape index (κ3) is 2.28. The second kappa shape index (κ2) is 4.90. The van der Waals surface area contributed by atoms with Crippen LogP contribution in [0.25, 0.3) is 11.3 Å². The molecular formula is C14H15NO. The molecule has 1 aromatic carbocycles. The molecule has 0 aliphatic carbocycles. The largest absolute Gasteiger partial charge is 0.396 e. The first-order chi connectivity index (χ1) is 7.81. The van der Waals surface area contributed by atoms with Crippen LogP contribution in [0.1, 0.15) is 11.1 Å². The van der Waals surface area contributed by atoms with Crippen molar-refractivity contribution in [1.82, 2.24) is 4.98 Å². The Balaban J connectivity index is 2.31. The van der Waals surface area contributed by atoms with E-state index in [9.17, 15) is 0 Å². The monoisotopic (exact) mass is 213 g/mol. The minimum Gasteiger partial charge on any atom is -0.396 e. The molecule has 0 amide bonds. The number of aryl methyl sites for hydroxylation is 1. The summed E-state index contributed by atoms with van der Waals surface area (Å²) in [5.74, 6) is 0. The molecule has 1 N–H and O–H groups in total. The minimum absolute atomic E-state index is 0.172. The van der Waals surface area contributed by atoms with Gasteiger partial charge in [0.05, 0.1) is 5.69 Å². The van der Waals surface area contributed by atoms with Crippen molar-refractivity contribution in [2.45, 2.75) is 13.3 Å². The summed E-state index contributed by atoms with van der Waals surface area (Å²) in [5.41, 5.74) is 4.45. The molecule has 0 unspecified atom stereocenters. The van der Waals surface area contributed by atoms with Gasteiger partial charge < -0.3 is 5.11 Å². The summed E-state index contributed by atoms with van der Waals surface area (Å²) in [6.45, 7) is 2.25. The van der Waals surface area contributed by atoms with Crippen molar-refractivity contribution < 1.29 is 5.11 Å². The Kier molecular flexibility index (Phi) is 3.32. The number of aliphatic hydroxyl groups is 1. The SMILES string of the molecule is Cc1ccccc1-c1ccc(CCO)cn1. The van der Waals surface area contributed by atoms with E-state index in [0.29, 0.717) is 6.42 Å². The van der Waals surface area contributed by atoms with Crippen LogP contribution in [0.4, 0.5) is 0 Å². The van der Waals surface area contributed by atoms with E-state index in [1.807, 2.05) is 30.5 Å². The van der Waals surface area contributed by atoms with Crippen molar-refractivity contribution in [2.75, 3.05) is 6.61 Å². The van der Waals surface area contributed by atoms with Crippen molar-refractivity contribution in [3.8, 4) is 11.3 Å². The Labute approximate surface area is 95.6 Å². The molecule has 1 aromatic heterocycles. The van der Waals surface area contributed by atoms with Gasteiger partial charge in [-0.25, -0.2) is 0 Å². The number of nitrogens with zero attached hydrogens (tertiary/aromatic N) is 1. The van der Waals surface area contributed by atoms with E-state index in [-0.39, 0.29) is 6.61 Å². The summed E-state index contributed by atoms with van der Waals surface area (Å²) in [4.78, 5) is 4.42. The van der Waals surface area contributed by atoms with E-state index < -0.39 is 0 Å². The average molecular weight is 213 g/mol. The molecule has 0 spiro atoms. The van der Waals surface area contributed by atoms with Crippen LogP contribution in [0.2, 0.25) is 0 Å². The Hall–Kier alpha value is -1.67. The third-order valence-corrected chi connectivity index (χ3v) is 2.65. The van der Waals surface area contributed by atoms with Crippen LogP contribution in [-0.4, -0.2) is 16.7 Å². The Morgan fingerprint density at radius 3 is 2.56 bits per heavy atom. The van der Waals surface area contributed by atoms with Crippen LogP contribution >= 0.6 is 0 Å². The van der Waals surface area contributed by atoms with Gasteiger partial charge in [-0.1, -0.05) is 30.3 Å². The van der Waals surface area contributed by atoms with Gasteiger partial charge in [-0.05, 0) is 30.5 Å². The highest BCUT2D eigenvalue weighted by Gasteiger charge is 2.01. The van der Waals surface area contributed by atoms with Crippen molar-refractivity contribution in [3.63, 3.8) is 0 Å². The number of aromatic nitrogens is 1. The quantitative estimate of drug-likeness (QED) is 0.850. The highest BCUT2D eigenvalue weighted by molar-refractivity contribution is 5.63. The van der Waals surface area contributed by atoms with Crippen LogP contribution < -0.4 is 0 Å². The third-order valence-electron chi connectivity index (χ3n) is 2.65. The molecule has 0 atom stereocenters. The maximum atomic E-state index is 8.82. The van der Waals surface area contributed by atoms with E-state index in [4.69, 9.17) is 5.11 Å². The van der Waals surface area contributed by atoms with Gasteiger partial charge in [-0.2, -0.15) is 0 Å². The van der Waals surface area contributed by atoms with E-state index in [2.05, 4.69) is 24.0 Å². The molecule has 0 radical (unpaired) electrons. The molecule has 2 heteroatoms. The lowest BCUT2D eigenvalue weighted by Gasteiger charge is -2.05. The summed E-state index contributed by atoms with van der Waals surface area (Å²) in [6.07, 6.45) is 2.50. The fraction of sp³-hybridized carbons (Fsp3) is 0.214. The predicted octanol–water partition coefficient (Wildman–Crippen LogP) is 2.59. The molecule has 0 aliphatic heterocycles. The minimum atomic E-state index is 0.172. The summed E-state index contributed by atoms with van der Waals surface area (Å²) in [6, 6.07) is 12.2. The molecule has 1 heterocycles. The Bertz CT molecular complexity index is 462. The van der Waals surface area contributed by atoms with Gasteiger partial charge in [0.2, 0.25) is 0 Å². The van der Waals surface area contributed by atoms with Gasteiger partial charge in [0.1, 0.15) is 0 Å². The highest BCUT2D eigenvalue weighted by Crippen LogP contribution is 2.20. The summed E-state index contributed by atoms with van der Waals surface area (Å²) in [5, 5.41) is 8.82. The van der Waals surface area contributed by atoms with Gasteiger partial charge in [0.25, 0.3) is 0 Å². The van der Waals surface area contributed by atoms with Gasteiger partial charge >= 0.3 is 0 Å². The zero-order valence-corrected chi connectivity index (χ0v) is 9.35. The lowest BCUT2D eigenvalue weighted by Crippen LogP contribution is -1.93. The molecule has 2 nitrogen and oxygen atoms in total. The van der Waals surface area contributed by atoms with Crippen LogP contribution in [0, 0.1) is 6.92 Å². The second-order valence-electron chi connectivity index (χ2n) is 3.84. The molecule has 2 rings (SSSR count). The normalized spacial score (nSPS) is 10.4. The lowest BCUT2D eigenvalue weighted by molar-refractivity contribution is 0.299. The fourth-order valence-corrected chi connectivity index (χ4v) is 1.72. The van der Waals surface area contributed by atoms with Crippen LogP contribution in [-0.2, 0) is 6.42 Å². The zero-order valence-electron chi connectivity index (χ0n) is 9.35. The molecule has 82 valence electrons. The Morgan fingerprint density at radius 2 is 1.94 bits per heavy atom. The molecule has 0 saturated carbocycles. The maximum absolute atomic E-state index is 8.82.